The van der Waals surface area contributed by atoms with E-state index in [0.29, 0.717) is 0 Å². The van der Waals surface area contributed by atoms with Crippen LogP contribution in [-0.4, -0.2) is 10.7 Å². The first-order chi connectivity index (χ1) is 7.06. The van der Waals surface area contributed by atoms with E-state index in [9.17, 15) is 9.18 Å². The van der Waals surface area contributed by atoms with Gasteiger partial charge in [0, 0.05) is 0 Å². The highest BCUT2D eigenvalue weighted by Gasteiger charge is 2.13. The Labute approximate surface area is 95.0 Å². The first-order valence-electron chi connectivity index (χ1n) is 4.19. The highest BCUT2D eigenvalue weighted by molar-refractivity contribution is 9.10. The molecule has 78 valence electrons. The number of nitriles is 1. The van der Waals surface area contributed by atoms with Crippen LogP contribution in [0, 0.1) is 17.1 Å². The van der Waals surface area contributed by atoms with Gasteiger partial charge in [0.1, 0.15) is 17.4 Å². The Balaban J connectivity index is 3.01. The number of nitrogens with one attached hydrogen (secondary N) is 1. The van der Waals surface area contributed by atoms with Gasteiger partial charge in [-0.05, 0) is 19.1 Å². The average Bonchev–Trinajstić information content (AvgIpc) is 2.18. The highest BCUT2D eigenvalue weighted by atomic mass is 79.9. The predicted octanol–water partition coefficient (Wildman–Crippen LogP) is 2.42. The lowest BCUT2D eigenvalue weighted by Gasteiger charge is -2.08. The van der Waals surface area contributed by atoms with Crippen LogP contribution in [0.3, 0.4) is 0 Å². The topological polar surface area (TPSA) is 52.9 Å². The number of benzene rings is 1. The SMILES string of the molecule is CC(Br)C(=O)Nc1cccc(F)c1C#N. The summed E-state index contributed by atoms with van der Waals surface area (Å²) in [5.41, 5.74) is 0.0350. The molecule has 0 saturated heterocycles. The molecule has 0 aliphatic rings. The van der Waals surface area contributed by atoms with Gasteiger partial charge in [0.2, 0.25) is 5.91 Å². The molecule has 0 heterocycles. The zero-order valence-electron chi connectivity index (χ0n) is 7.92. The normalized spacial score (nSPS) is 11.6. The number of alkyl halides is 1. The summed E-state index contributed by atoms with van der Waals surface area (Å²) in [6.07, 6.45) is 0. The van der Waals surface area contributed by atoms with Crippen molar-refractivity contribution < 1.29 is 9.18 Å². The molecule has 1 amide bonds. The molecule has 1 aromatic rings. The minimum absolute atomic E-state index is 0.154. The predicted molar refractivity (Wildman–Crippen MR) is 58.1 cm³/mol. The van der Waals surface area contributed by atoms with Crippen LogP contribution < -0.4 is 5.32 Å². The van der Waals surface area contributed by atoms with E-state index in [4.69, 9.17) is 5.26 Å². The van der Waals surface area contributed by atoms with Gasteiger partial charge in [-0.15, -0.1) is 0 Å². The number of halogens is 2. The maximum Gasteiger partial charge on any atom is 0.237 e. The van der Waals surface area contributed by atoms with Gasteiger partial charge in [0.15, 0.2) is 0 Å². The van der Waals surface area contributed by atoms with Gasteiger partial charge < -0.3 is 5.32 Å². The van der Waals surface area contributed by atoms with Crippen molar-refractivity contribution in [1.82, 2.24) is 0 Å². The van der Waals surface area contributed by atoms with Crippen molar-refractivity contribution >= 4 is 27.5 Å². The summed E-state index contributed by atoms with van der Waals surface area (Å²) >= 11 is 3.07. The Bertz CT molecular complexity index is 426. The largest absolute Gasteiger partial charge is 0.324 e. The van der Waals surface area contributed by atoms with Crippen molar-refractivity contribution in [2.75, 3.05) is 5.32 Å². The molecule has 0 radical (unpaired) electrons. The van der Waals surface area contributed by atoms with Crippen LogP contribution in [0.1, 0.15) is 12.5 Å². The Morgan fingerprint density at radius 3 is 2.87 bits per heavy atom. The third-order valence-corrected chi connectivity index (χ3v) is 2.16. The summed E-state index contributed by atoms with van der Waals surface area (Å²) in [5, 5.41) is 11.2. The van der Waals surface area contributed by atoms with Gasteiger partial charge in [-0.1, -0.05) is 22.0 Å². The highest BCUT2D eigenvalue weighted by Crippen LogP contribution is 2.18. The standard InChI is InChI=1S/C10H8BrFN2O/c1-6(11)10(15)14-9-4-2-3-8(12)7(9)5-13/h2-4,6H,1H3,(H,14,15). The molecule has 15 heavy (non-hydrogen) atoms. The first kappa shape index (κ1) is 11.7. The molecule has 5 heteroatoms. The van der Waals surface area contributed by atoms with Crippen LogP contribution >= 0.6 is 15.9 Å². The quantitative estimate of drug-likeness (QED) is 0.840. The van der Waals surface area contributed by atoms with E-state index in [1.165, 1.54) is 18.2 Å². The number of hydrogen-bond acceptors (Lipinski definition) is 2. The summed E-state index contributed by atoms with van der Waals surface area (Å²) in [5.74, 6) is -0.963. The zero-order valence-corrected chi connectivity index (χ0v) is 9.51. The zero-order chi connectivity index (χ0) is 11.4. The fourth-order valence-electron chi connectivity index (χ4n) is 0.974. The summed E-state index contributed by atoms with van der Waals surface area (Å²) in [7, 11) is 0. The van der Waals surface area contributed by atoms with E-state index in [1.54, 1.807) is 13.0 Å². The van der Waals surface area contributed by atoms with E-state index in [1.807, 2.05) is 0 Å². The van der Waals surface area contributed by atoms with Crippen molar-refractivity contribution in [2.24, 2.45) is 0 Å². The lowest BCUT2D eigenvalue weighted by atomic mass is 10.2. The number of rotatable bonds is 2. The maximum absolute atomic E-state index is 13.1. The number of nitrogens with zero attached hydrogens (tertiary/aromatic N) is 1. The summed E-state index contributed by atoms with van der Waals surface area (Å²) in [6.45, 7) is 1.64. The number of anilines is 1. The maximum atomic E-state index is 13.1. The Morgan fingerprint density at radius 1 is 1.67 bits per heavy atom. The van der Waals surface area contributed by atoms with Crippen molar-refractivity contribution in [3.05, 3.63) is 29.6 Å². The molecule has 0 bridgehead atoms. The third kappa shape index (κ3) is 2.77. The molecule has 0 fully saturated rings. The van der Waals surface area contributed by atoms with E-state index >= 15 is 0 Å². The summed E-state index contributed by atoms with van der Waals surface area (Å²) in [4.78, 5) is 10.9. The van der Waals surface area contributed by atoms with Gasteiger partial charge in [-0.25, -0.2) is 4.39 Å². The van der Waals surface area contributed by atoms with E-state index in [-0.39, 0.29) is 17.2 Å². The van der Waals surface area contributed by atoms with Crippen molar-refractivity contribution in [3.63, 3.8) is 0 Å². The van der Waals surface area contributed by atoms with E-state index in [2.05, 4.69) is 21.2 Å². The Kier molecular flexibility index (Phi) is 3.81. The molecule has 0 aliphatic heterocycles. The van der Waals surface area contributed by atoms with Crippen molar-refractivity contribution in [2.45, 2.75) is 11.8 Å². The molecule has 1 unspecified atom stereocenters. The van der Waals surface area contributed by atoms with E-state index < -0.39 is 10.6 Å². The smallest absolute Gasteiger partial charge is 0.237 e. The Hall–Kier alpha value is -1.41. The van der Waals surface area contributed by atoms with Crippen molar-refractivity contribution in [3.8, 4) is 6.07 Å². The summed E-state index contributed by atoms with van der Waals surface area (Å²) in [6, 6.07) is 5.79. The molecular formula is C10H8BrFN2O. The minimum Gasteiger partial charge on any atom is -0.324 e. The van der Waals surface area contributed by atoms with Gasteiger partial charge in [0.05, 0.1) is 10.5 Å². The van der Waals surface area contributed by atoms with Gasteiger partial charge in [-0.2, -0.15) is 5.26 Å². The van der Waals surface area contributed by atoms with Crippen molar-refractivity contribution in [1.29, 1.82) is 5.26 Å². The monoisotopic (exact) mass is 270 g/mol. The second-order valence-corrected chi connectivity index (χ2v) is 4.25. The lowest BCUT2D eigenvalue weighted by molar-refractivity contribution is -0.115. The van der Waals surface area contributed by atoms with E-state index in [0.717, 1.165) is 0 Å². The van der Waals surface area contributed by atoms with Crippen LogP contribution in [0.25, 0.3) is 0 Å². The number of carbonyl (C=O) groups is 1. The lowest BCUT2D eigenvalue weighted by Crippen LogP contribution is -2.20. The Morgan fingerprint density at radius 2 is 2.33 bits per heavy atom. The first-order valence-corrected chi connectivity index (χ1v) is 5.11. The molecule has 0 aromatic heterocycles. The van der Waals surface area contributed by atoms with Gasteiger partial charge in [-0.3, -0.25) is 4.79 Å². The molecule has 3 nitrogen and oxygen atoms in total. The molecule has 0 aliphatic carbocycles. The van der Waals surface area contributed by atoms with Crippen LogP contribution in [0.5, 0.6) is 0 Å². The van der Waals surface area contributed by atoms with Crippen LogP contribution in [0.2, 0.25) is 0 Å². The molecule has 1 aromatic carbocycles. The number of amides is 1. The van der Waals surface area contributed by atoms with Gasteiger partial charge in [0.25, 0.3) is 0 Å². The fourth-order valence-corrected chi connectivity index (χ4v) is 1.09. The molecular weight excluding hydrogens is 263 g/mol. The second kappa shape index (κ2) is 4.89. The van der Waals surface area contributed by atoms with Gasteiger partial charge >= 0.3 is 0 Å². The molecule has 0 saturated carbocycles. The number of carbonyl (C=O) groups excluding carboxylic acids is 1. The second-order valence-electron chi connectivity index (χ2n) is 2.88. The molecule has 1 N–H and O–H groups in total. The molecule has 1 rings (SSSR count). The summed E-state index contributed by atoms with van der Waals surface area (Å²) < 4.78 is 13.1. The molecule has 0 spiro atoms. The average molecular weight is 271 g/mol. The van der Waals surface area contributed by atoms with Crippen LogP contribution in [0.15, 0.2) is 18.2 Å². The molecule has 1 atom stereocenters. The van der Waals surface area contributed by atoms with Crippen LogP contribution in [0.4, 0.5) is 10.1 Å². The fraction of sp³-hybridized carbons (Fsp3) is 0.200. The van der Waals surface area contributed by atoms with Crippen LogP contribution in [-0.2, 0) is 4.79 Å². The third-order valence-electron chi connectivity index (χ3n) is 1.74. The number of hydrogen-bond donors (Lipinski definition) is 1. The minimum atomic E-state index is -0.641.